The van der Waals surface area contributed by atoms with Crippen molar-refractivity contribution >= 4 is 28.5 Å². The van der Waals surface area contributed by atoms with E-state index in [2.05, 4.69) is 4.98 Å². The van der Waals surface area contributed by atoms with Gasteiger partial charge in [-0.3, -0.25) is 14.9 Å². The van der Waals surface area contributed by atoms with Crippen molar-refractivity contribution in [2.24, 2.45) is 0 Å². The lowest BCUT2D eigenvalue weighted by Crippen LogP contribution is -2.47. The zero-order valence-corrected chi connectivity index (χ0v) is 19.6. The Labute approximate surface area is 209 Å². The normalized spacial score (nSPS) is 17.5. The highest BCUT2D eigenvalue weighted by Gasteiger charge is 2.50. The number of carbonyl (C=O) groups is 2. The van der Waals surface area contributed by atoms with Crippen molar-refractivity contribution < 1.29 is 24.0 Å². The van der Waals surface area contributed by atoms with Gasteiger partial charge in [0.05, 0.1) is 44.9 Å². The van der Waals surface area contributed by atoms with Crippen LogP contribution in [0.2, 0.25) is 0 Å². The van der Waals surface area contributed by atoms with Crippen molar-refractivity contribution in [1.29, 1.82) is 0 Å². The van der Waals surface area contributed by atoms with Crippen LogP contribution >= 0.6 is 0 Å². The van der Waals surface area contributed by atoms with E-state index in [1.807, 2.05) is 0 Å². The Balaban J connectivity index is 1.54. The van der Waals surface area contributed by atoms with E-state index in [1.54, 1.807) is 61.5 Å². The molecule has 0 amide bonds. The molecular weight excluding hydrogens is 478 g/mol. The SMILES string of the molecule is CC[C@@]1(OC(=O)c2ccccc2)C(=O)OCc2c1cc1n(c2=O)Cc2cc3c([N+](=O)[O-])cccc3nc2-1. The van der Waals surface area contributed by atoms with Gasteiger partial charge in [-0.05, 0) is 36.8 Å². The molecule has 0 saturated heterocycles. The van der Waals surface area contributed by atoms with Crippen molar-refractivity contribution in [2.45, 2.75) is 32.1 Å². The second-order valence-electron chi connectivity index (χ2n) is 8.92. The summed E-state index contributed by atoms with van der Waals surface area (Å²) in [5.74, 6) is -1.47. The van der Waals surface area contributed by atoms with Crippen LogP contribution in [0.3, 0.4) is 0 Å². The molecule has 37 heavy (non-hydrogen) atoms. The lowest BCUT2D eigenvalue weighted by Gasteiger charge is -2.35. The van der Waals surface area contributed by atoms with E-state index in [-0.39, 0.29) is 42.0 Å². The summed E-state index contributed by atoms with van der Waals surface area (Å²) in [7, 11) is 0. The zero-order valence-electron chi connectivity index (χ0n) is 19.6. The monoisotopic (exact) mass is 497 g/mol. The Hall–Kier alpha value is -4.86. The summed E-state index contributed by atoms with van der Waals surface area (Å²) in [5.41, 5.74) is 0.413. The molecule has 10 nitrogen and oxygen atoms in total. The maximum absolute atomic E-state index is 13.6. The lowest BCUT2D eigenvalue weighted by molar-refractivity contribution is -0.383. The average molecular weight is 497 g/mol. The molecule has 0 bridgehead atoms. The molecule has 2 aliphatic heterocycles. The van der Waals surface area contributed by atoms with Crippen LogP contribution in [0.5, 0.6) is 0 Å². The topological polar surface area (TPSA) is 131 Å². The molecule has 2 aromatic heterocycles. The number of cyclic esters (lactones) is 1. The van der Waals surface area contributed by atoms with Crippen molar-refractivity contribution in [3.63, 3.8) is 0 Å². The van der Waals surface area contributed by atoms with Gasteiger partial charge in [0.1, 0.15) is 6.61 Å². The molecule has 2 aliphatic rings. The van der Waals surface area contributed by atoms with Gasteiger partial charge in [0, 0.05) is 17.2 Å². The maximum Gasteiger partial charge on any atom is 0.355 e. The quantitative estimate of drug-likeness (QED) is 0.208. The largest absolute Gasteiger partial charge is 0.457 e. The lowest BCUT2D eigenvalue weighted by atomic mass is 9.85. The van der Waals surface area contributed by atoms with Crippen LogP contribution in [0.15, 0.2) is 65.5 Å². The molecule has 4 heterocycles. The number of non-ortho nitro benzene ring substituents is 1. The average Bonchev–Trinajstić information content (AvgIpc) is 3.27. The van der Waals surface area contributed by atoms with Crippen LogP contribution in [0.1, 0.15) is 40.4 Å². The van der Waals surface area contributed by atoms with Gasteiger partial charge in [-0.15, -0.1) is 0 Å². The number of benzene rings is 2. The number of pyridine rings is 2. The third kappa shape index (κ3) is 3.25. The molecule has 0 unspecified atom stereocenters. The van der Waals surface area contributed by atoms with E-state index in [4.69, 9.17) is 9.47 Å². The van der Waals surface area contributed by atoms with Gasteiger partial charge >= 0.3 is 11.9 Å². The molecule has 1 atom stereocenters. The minimum absolute atomic E-state index is 0.0461. The number of nitro groups is 1. The highest BCUT2D eigenvalue weighted by atomic mass is 16.6. The van der Waals surface area contributed by atoms with Gasteiger partial charge in [0.2, 0.25) is 5.60 Å². The summed E-state index contributed by atoms with van der Waals surface area (Å²) in [6.45, 7) is 1.58. The first kappa shape index (κ1) is 22.6. The standard InChI is InChI=1S/C27H19N3O7/c1-2-27(37-25(32)15-7-4-3-5-8-15)19-12-22-23-16(13-29(22)24(31)18(19)14-36-26(27)33)11-17-20(28-23)9-6-10-21(17)30(34)35/h3-12H,2,13-14H2,1H3/t27-/m0/s1. The highest BCUT2D eigenvalue weighted by Crippen LogP contribution is 2.41. The maximum atomic E-state index is 13.6. The van der Waals surface area contributed by atoms with Gasteiger partial charge in [0.15, 0.2) is 0 Å². The molecule has 4 aromatic rings. The van der Waals surface area contributed by atoms with E-state index >= 15 is 0 Å². The Morgan fingerprint density at radius 3 is 2.68 bits per heavy atom. The fraction of sp³-hybridized carbons (Fsp3) is 0.185. The number of ether oxygens (including phenoxy) is 2. The molecule has 0 aliphatic carbocycles. The summed E-state index contributed by atoms with van der Waals surface area (Å²) >= 11 is 0. The summed E-state index contributed by atoms with van der Waals surface area (Å²) < 4.78 is 12.7. The van der Waals surface area contributed by atoms with E-state index in [1.165, 1.54) is 10.6 Å². The molecule has 0 spiro atoms. The first-order valence-corrected chi connectivity index (χ1v) is 11.6. The predicted octanol–water partition coefficient (Wildman–Crippen LogP) is 3.85. The summed E-state index contributed by atoms with van der Waals surface area (Å²) in [6, 6.07) is 16.2. The van der Waals surface area contributed by atoms with E-state index in [0.29, 0.717) is 27.9 Å². The van der Waals surface area contributed by atoms with Crippen LogP contribution in [-0.2, 0) is 33.0 Å². The second kappa shape index (κ2) is 8.09. The number of nitrogens with zero attached hydrogens (tertiary/aromatic N) is 3. The van der Waals surface area contributed by atoms with Crippen molar-refractivity contribution in [1.82, 2.24) is 9.55 Å². The van der Waals surface area contributed by atoms with Crippen molar-refractivity contribution in [2.75, 3.05) is 0 Å². The van der Waals surface area contributed by atoms with Gasteiger partial charge in [-0.1, -0.05) is 31.2 Å². The minimum atomic E-state index is -1.81. The van der Waals surface area contributed by atoms with Gasteiger partial charge in [0.25, 0.3) is 11.2 Å². The first-order valence-electron chi connectivity index (χ1n) is 11.6. The number of rotatable bonds is 4. The zero-order chi connectivity index (χ0) is 25.9. The van der Waals surface area contributed by atoms with Crippen LogP contribution in [0.25, 0.3) is 22.3 Å². The number of aromatic nitrogens is 2. The number of carbonyl (C=O) groups excluding carboxylic acids is 2. The van der Waals surface area contributed by atoms with E-state index in [9.17, 15) is 24.5 Å². The summed E-state index contributed by atoms with van der Waals surface area (Å²) in [6.07, 6.45) is 0.0461. The number of fused-ring (bicyclic) bond motifs is 5. The summed E-state index contributed by atoms with van der Waals surface area (Å²) in [5, 5.41) is 11.9. The Kier molecular flexibility index (Phi) is 4.94. The first-order chi connectivity index (χ1) is 17.8. The molecule has 0 fully saturated rings. The fourth-order valence-corrected chi connectivity index (χ4v) is 5.09. The predicted molar refractivity (Wildman–Crippen MR) is 131 cm³/mol. The van der Waals surface area contributed by atoms with Crippen LogP contribution < -0.4 is 5.56 Å². The van der Waals surface area contributed by atoms with Crippen molar-refractivity contribution in [3.05, 3.63) is 103 Å². The molecule has 10 heteroatoms. The Morgan fingerprint density at radius 1 is 1.16 bits per heavy atom. The third-order valence-corrected chi connectivity index (χ3v) is 6.97. The molecule has 184 valence electrons. The Morgan fingerprint density at radius 2 is 1.95 bits per heavy atom. The smallest absolute Gasteiger partial charge is 0.355 e. The minimum Gasteiger partial charge on any atom is -0.457 e. The molecule has 0 saturated carbocycles. The highest BCUT2D eigenvalue weighted by molar-refractivity contribution is 5.94. The Bertz CT molecular complexity index is 1710. The van der Waals surface area contributed by atoms with Gasteiger partial charge < -0.3 is 14.0 Å². The van der Waals surface area contributed by atoms with Gasteiger partial charge in [-0.25, -0.2) is 14.6 Å². The van der Waals surface area contributed by atoms with E-state index < -0.39 is 28.0 Å². The second-order valence-corrected chi connectivity index (χ2v) is 8.92. The third-order valence-electron chi connectivity index (χ3n) is 6.97. The van der Waals surface area contributed by atoms with Gasteiger partial charge in [-0.2, -0.15) is 0 Å². The van der Waals surface area contributed by atoms with Crippen LogP contribution in [0.4, 0.5) is 5.69 Å². The fourth-order valence-electron chi connectivity index (χ4n) is 5.09. The summed E-state index contributed by atoms with van der Waals surface area (Å²) in [4.78, 5) is 55.4. The molecular formula is C27H19N3O7. The number of hydrogen-bond donors (Lipinski definition) is 0. The molecule has 0 radical (unpaired) electrons. The molecule has 0 N–H and O–H groups in total. The van der Waals surface area contributed by atoms with Crippen molar-refractivity contribution in [3.8, 4) is 11.4 Å². The number of esters is 2. The van der Waals surface area contributed by atoms with Crippen LogP contribution in [-0.4, -0.2) is 26.4 Å². The van der Waals surface area contributed by atoms with E-state index in [0.717, 1.165) is 0 Å². The molecule has 6 rings (SSSR count). The number of nitro benzene ring substituents is 1. The molecule has 2 aromatic carbocycles. The van der Waals surface area contributed by atoms with Crippen LogP contribution in [0, 0.1) is 10.1 Å². The number of hydrogen-bond acceptors (Lipinski definition) is 8.